The molecule has 0 radical (unpaired) electrons. The summed E-state index contributed by atoms with van der Waals surface area (Å²) in [7, 11) is 1.92. The summed E-state index contributed by atoms with van der Waals surface area (Å²) in [4.78, 5) is 0. The lowest BCUT2D eigenvalue weighted by molar-refractivity contribution is 0.756. The minimum absolute atomic E-state index is 0.836. The summed E-state index contributed by atoms with van der Waals surface area (Å²) in [5.41, 5.74) is 3.34. The summed E-state index contributed by atoms with van der Waals surface area (Å²) in [5.74, 6) is 0. The number of hydrogen-bond acceptors (Lipinski definition) is 2. The molecule has 0 amide bonds. The fraction of sp³-hybridized carbons (Fsp3) is 0.500. The van der Waals surface area contributed by atoms with Gasteiger partial charge < -0.3 is 5.32 Å². The second-order valence-electron chi connectivity index (χ2n) is 3.26. The summed E-state index contributed by atoms with van der Waals surface area (Å²) < 4.78 is 1.81. The second-order valence-corrected chi connectivity index (χ2v) is 3.26. The van der Waals surface area contributed by atoms with Crippen LogP contribution in [0.5, 0.6) is 0 Å². The van der Waals surface area contributed by atoms with Crippen LogP contribution in [0, 0.1) is 6.92 Å². The molecular weight excluding hydrogens is 162 g/mol. The lowest BCUT2D eigenvalue weighted by Crippen LogP contribution is -2.03. The van der Waals surface area contributed by atoms with E-state index in [2.05, 4.69) is 23.9 Å². The molecule has 0 saturated heterocycles. The third kappa shape index (κ3) is 2.61. The minimum Gasteiger partial charge on any atom is -0.379 e. The lowest BCUT2D eigenvalue weighted by Gasteiger charge is -2.04. The van der Waals surface area contributed by atoms with Crippen molar-refractivity contribution in [1.29, 1.82) is 0 Å². The van der Waals surface area contributed by atoms with Gasteiger partial charge in [0.1, 0.15) is 0 Å². The van der Waals surface area contributed by atoms with E-state index in [0.717, 1.165) is 24.3 Å². The Bertz CT molecular complexity index is 299. The molecule has 1 aromatic rings. The third-order valence-electron chi connectivity index (χ3n) is 2.04. The normalized spacial score (nSPS) is 10.1. The van der Waals surface area contributed by atoms with Crippen molar-refractivity contribution in [3.63, 3.8) is 0 Å². The van der Waals surface area contributed by atoms with E-state index in [4.69, 9.17) is 0 Å². The average Bonchev–Trinajstić information content (AvgIpc) is 2.41. The van der Waals surface area contributed by atoms with E-state index in [1.807, 2.05) is 24.9 Å². The first-order valence-electron chi connectivity index (χ1n) is 4.54. The van der Waals surface area contributed by atoms with Gasteiger partial charge in [-0.05, 0) is 13.3 Å². The largest absolute Gasteiger partial charge is 0.379 e. The van der Waals surface area contributed by atoms with Crippen LogP contribution in [0.25, 0.3) is 0 Å². The van der Waals surface area contributed by atoms with Crippen LogP contribution in [0.15, 0.2) is 18.3 Å². The van der Waals surface area contributed by atoms with Crippen LogP contribution >= 0.6 is 0 Å². The van der Waals surface area contributed by atoms with Crippen molar-refractivity contribution in [2.24, 2.45) is 7.05 Å². The van der Waals surface area contributed by atoms with Gasteiger partial charge in [0.15, 0.2) is 0 Å². The number of nitrogens with one attached hydrogen (secondary N) is 1. The highest BCUT2D eigenvalue weighted by molar-refractivity contribution is 5.46. The first-order chi connectivity index (χ1) is 6.13. The Hall–Kier alpha value is -1.25. The molecule has 0 unspecified atom stereocenters. The predicted octanol–water partition coefficient (Wildman–Crippen LogP) is 2.11. The Kier molecular flexibility index (Phi) is 3.12. The fourth-order valence-corrected chi connectivity index (χ4v) is 1.12. The van der Waals surface area contributed by atoms with E-state index in [0.29, 0.717) is 0 Å². The van der Waals surface area contributed by atoms with E-state index in [9.17, 15) is 0 Å². The molecule has 1 heterocycles. The molecule has 0 aliphatic carbocycles. The van der Waals surface area contributed by atoms with E-state index in [1.165, 1.54) is 5.57 Å². The highest BCUT2D eigenvalue weighted by atomic mass is 15.3. The molecule has 0 fully saturated rings. The van der Waals surface area contributed by atoms with Gasteiger partial charge in [0.2, 0.25) is 0 Å². The minimum atomic E-state index is 0.836. The van der Waals surface area contributed by atoms with Gasteiger partial charge in [0.05, 0.1) is 11.4 Å². The molecule has 72 valence electrons. The highest BCUT2D eigenvalue weighted by Gasteiger charge is 2.01. The second kappa shape index (κ2) is 4.12. The fourth-order valence-electron chi connectivity index (χ4n) is 1.12. The number of anilines is 1. The molecule has 3 heteroatoms. The molecule has 1 rings (SSSR count). The maximum Gasteiger partial charge on any atom is 0.0825 e. The Labute approximate surface area is 79.5 Å². The molecule has 0 aromatic carbocycles. The zero-order valence-electron chi connectivity index (χ0n) is 8.59. The third-order valence-corrected chi connectivity index (χ3v) is 2.04. The number of aromatic nitrogens is 2. The SMILES string of the molecule is C=C(CC)CNc1cn(C)nc1C. The average molecular weight is 179 g/mol. The van der Waals surface area contributed by atoms with Crippen molar-refractivity contribution in [3.05, 3.63) is 24.0 Å². The van der Waals surface area contributed by atoms with E-state index < -0.39 is 0 Å². The first kappa shape index (κ1) is 9.84. The van der Waals surface area contributed by atoms with Crippen molar-refractivity contribution in [3.8, 4) is 0 Å². The van der Waals surface area contributed by atoms with Crippen LogP contribution in [-0.2, 0) is 7.05 Å². The van der Waals surface area contributed by atoms with Crippen LogP contribution in [-0.4, -0.2) is 16.3 Å². The predicted molar refractivity (Wildman–Crippen MR) is 55.9 cm³/mol. The van der Waals surface area contributed by atoms with E-state index >= 15 is 0 Å². The summed E-state index contributed by atoms with van der Waals surface area (Å²) in [6, 6.07) is 0. The monoisotopic (exact) mass is 179 g/mol. The zero-order valence-corrected chi connectivity index (χ0v) is 8.59. The van der Waals surface area contributed by atoms with Gasteiger partial charge in [-0.15, -0.1) is 0 Å². The van der Waals surface area contributed by atoms with Crippen molar-refractivity contribution in [1.82, 2.24) is 9.78 Å². The molecule has 3 nitrogen and oxygen atoms in total. The number of aryl methyl sites for hydroxylation is 2. The van der Waals surface area contributed by atoms with Gasteiger partial charge >= 0.3 is 0 Å². The molecular formula is C10H17N3. The number of rotatable bonds is 4. The van der Waals surface area contributed by atoms with Crippen molar-refractivity contribution in [2.75, 3.05) is 11.9 Å². The highest BCUT2D eigenvalue weighted by Crippen LogP contribution is 2.11. The van der Waals surface area contributed by atoms with Crippen LogP contribution in [0.4, 0.5) is 5.69 Å². The Morgan fingerprint density at radius 2 is 2.38 bits per heavy atom. The smallest absolute Gasteiger partial charge is 0.0825 e. The lowest BCUT2D eigenvalue weighted by atomic mass is 10.2. The van der Waals surface area contributed by atoms with Crippen molar-refractivity contribution < 1.29 is 0 Å². The molecule has 0 spiro atoms. The zero-order chi connectivity index (χ0) is 9.84. The van der Waals surface area contributed by atoms with Gasteiger partial charge in [0, 0.05) is 19.8 Å². The molecule has 0 aliphatic heterocycles. The molecule has 0 aliphatic rings. The van der Waals surface area contributed by atoms with Gasteiger partial charge in [-0.2, -0.15) is 5.10 Å². The molecule has 0 bridgehead atoms. The Morgan fingerprint density at radius 1 is 1.69 bits per heavy atom. The Morgan fingerprint density at radius 3 is 2.85 bits per heavy atom. The summed E-state index contributed by atoms with van der Waals surface area (Å²) >= 11 is 0. The molecule has 13 heavy (non-hydrogen) atoms. The number of hydrogen-bond donors (Lipinski definition) is 1. The number of nitrogens with zero attached hydrogens (tertiary/aromatic N) is 2. The van der Waals surface area contributed by atoms with Crippen molar-refractivity contribution >= 4 is 5.69 Å². The van der Waals surface area contributed by atoms with E-state index in [1.54, 1.807) is 0 Å². The molecule has 1 aromatic heterocycles. The first-order valence-corrected chi connectivity index (χ1v) is 4.54. The van der Waals surface area contributed by atoms with Crippen LogP contribution in [0.3, 0.4) is 0 Å². The maximum atomic E-state index is 4.24. The molecule has 0 saturated carbocycles. The van der Waals surface area contributed by atoms with Gasteiger partial charge in [-0.25, -0.2) is 0 Å². The summed E-state index contributed by atoms with van der Waals surface area (Å²) in [6.07, 6.45) is 3.00. The topological polar surface area (TPSA) is 29.9 Å². The molecule has 0 atom stereocenters. The quantitative estimate of drug-likeness (QED) is 0.717. The maximum absolute atomic E-state index is 4.24. The van der Waals surface area contributed by atoms with Crippen molar-refractivity contribution in [2.45, 2.75) is 20.3 Å². The standard InChI is InChI=1S/C10H17N3/c1-5-8(2)6-11-10-7-13(4)12-9(10)3/h7,11H,2,5-6H2,1,3-4H3. The summed E-state index contributed by atoms with van der Waals surface area (Å²) in [5, 5.41) is 7.54. The van der Waals surface area contributed by atoms with E-state index in [-0.39, 0.29) is 0 Å². The van der Waals surface area contributed by atoms with Crippen LogP contribution < -0.4 is 5.32 Å². The van der Waals surface area contributed by atoms with Crippen LogP contribution in [0.2, 0.25) is 0 Å². The van der Waals surface area contributed by atoms with Gasteiger partial charge in [-0.3, -0.25) is 4.68 Å². The van der Waals surface area contributed by atoms with Crippen LogP contribution in [0.1, 0.15) is 19.0 Å². The Balaban J connectivity index is 2.54. The van der Waals surface area contributed by atoms with Gasteiger partial charge in [-0.1, -0.05) is 19.1 Å². The van der Waals surface area contributed by atoms with Gasteiger partial charge in [0.25, 0.3) is 0 Å². The summed E-state index contributed by atoms with van der Waals surface area (Å²) in [6.45, 7) is 8.88. The molecule has 1 N–H and O–H groups in total.